The van der Waals surface area contributed by atoms with E-state index in [1.165, 1.54) is 5.57 Å². The molecule has 1 aliphatic carbocycles. The first-order chi connectivity index (χ1) is 5.86. The molecule has 0 fully saturated rings. The third-order valence-corrected chi connectivity index (χ3v) is 2.40. The Balaban J connectivity index is 2.07. The van der Waals surface area contributed by atoms with Gasteiger partial charge in [-0.3, -0.25) is 0 Å². The molecule has 12 heavy (non-hydrogen) atoms. The van der Waals surface area contributed by atoms with Crippen LogP contribution < -0.4 is 4.67 Å². The second-order valence-electron chi connectivity index (χ2n) is 3.27. The molecule has 0 bridgehead atoms. The van der Waals surface area contributed by atoms with Crippen molar-refractivity contribution >= 4 is 12.4 Å². The molecular weight excluding hydrogens is 150 g/mol. The zero-order chi connectivity index (χ0) is 8.39. The molecule has 0 amide bonds. The van der Waals surface area contributed by atoms with Gasteiger partial charge in [-0.25, -0.2) is 0 Å². The molecule has 2 heteroatoms. The molecule has 0 saturated heterocycles. The zero-order valence-electron chi connectivity index (χ0n) is 6.90. The summed E-state index contributed by atoms with van der Waals surface area (Å²) in [6, 6.07) is 0. The van der Waals surface area contributed by atoms with Crippen LogP contribution in [0, 0.1) is 5.92 Å². The Kier molecular flexibility index (Phi) is 1.84. The fourth-order valence-electron chi connectivity index (χ4n) is 1.72. The fraction of sp³-hybridized carbons (Fsp3) is 0.400. The van der Waals surface area contributed by atoms with Gasteiger partial charge < -0.3 is 5.11 Å². The summed E-state index contributed by atoms with van der Waals surface area (Å²) in [7, 11) is 0. The second-order valence-corrected chi connectivity index (χ2v) is 3.27. The standard InChI is InChI=1S/C10H11NO/c12-10-3-1-2-8(6-10)9-4-5-11-7-9/h3-5,7-8H,1-2,6H2/p+1. The SMILES string of the molecule is OC1=CCCC(C2=CC=[N+]=C2)C1. The van der Waals surface area contributed by atoms with Crippen LogP contribution in [0.25, 0.3) is 0 Å². The first kappa shape index (κ1) is 7.38. The van der Waals surface area contributed by atoms with Gasteiger partial charge in [0.25, 0.3) is 12.4 Å². The van der Waals surface area contributed by atoms with Crippen LogP contribution in [0.1, 0.15) is 19.3 Å². The van der Waals surface area contributed by atoms with E-state index in [4.69, 9.17) is 0 Å². The van der Waals surface area contributed by atoms with E-state index < -0.39 is 0 Å². The Labute approximate surface area is 71.7 Å². The van der Waals surface area contributed by atoms with Gasteiger partial charge in [0.2, 0.25) is 0 Å². The van der Waals surface area contributed by atoms with E-state index in [1.807, 2.05) is 24.6 Å². The number of rotatable bonds is 1. The van der Waals surface area contributed by atoms with Gasteiger partial charge in [0, 0.05) is 18.1 Å². The number of allylic oxidation sites excluding steroid dienone is 4. The van der Waals surface area contributed by atoms with E-state index in [1.54, 1.807) is 0 Å². The average Bonchev–Trinajstić information content (AvgIpc) is 2.56. The van der Waals surface area contributed by atoms with Crippen LogP contribution in [0.2, 0.25) is 0 Å². The molecule has 1 unspecified atom stereocenters. The van der Waals surface area contributed by atoms with E-state index in [0.29, 0.717) is 11.7 Å². The largest absolute Gasteiger partial charge is 0.513 e. The lowest BCUT2D eigenvalue weighted by molar-refractivity contribution is 0.342. The van der Waals surface area contributed by atoms with Crippen LogP contribution >= 0.6 is 0 Å². The van der Waals surface area contributed by atoms with Gasteiger partial charge in [-0.1, -0.05) is 0 Å². The van der Waals surface area contributed by atoms with Crippen molar-refractivity contribution in [3.05, 3.63) is 23.5 Å². The Hall–Kier alpha value is -1.27. The van der Waals surface area contributed by atoms with Gasteiger partial charge in [0.15, 0.2) is 0 Å². The molecule has 2 aliphatic rings. The predicted molar refractivity (Wildman–Crippen MR) is 50.4 cm³/mol. The minimum absolute atomic E-state index is 0.484. The van der Waals surface area contributed by atoms with Gasteiger partial charge in [-0.15, -0.1) is 4.67 Å². The maximum atomic E-state index is 9.32. The Bertz CT molecular complexity index is 306. The summed E-state index contributed by atoms with van der Waals surface area (Å²) < 4.78 is 4.02. The average molecular weight is 162 g/mol. The van der Waals surface area contributed by atoms with E-state index in [-0.39, 0.29) is 0 Å². The van der Waals surface area contributed by atoms with Gasteiger partial charge in [-0.2, -0.15) is 0 Å². The van der Waals surface area contributed by atoms with Crippen molar-refractivity contribution in [3.8, 4) is 0 Å². The highest BCUT2D eigenvalue weighted by molar-refractivity contribution is 5.93. The second kappa shape index (κ2) is 3.00. The molecular formula is C10H12NO+. The highest BCUT2D eigenvalue weighted by atomic mass is 16.3. The van der Waals surface area contributed by atoms with Gasteiger partial charge >= 0.3 is 0 Å². The van der Waals surface area contributed by atoms with Crippen LogP contribution in [0.15, 0.2) is 23.5 Å². The molecule has 1 aliphatic heterocycles. The molecule has 1 atom stereocenters. The first-order valence-corrected chi connectivity index (χ1v) is 4.31. The Morgan fingerprint density at radius 3 is 3.08 bits per heavy atom. The zero-order valence-corrected chi connectivity index (χ0v) is 6.90. The van der Waals surface area contributed by atoms with E-state index in [2.05, 4.69) is 4.67 Å². The molecule has 2 rings (SSSR count). The molecule has 0 radical (unpaired) electrons. The van der Waals surface area contributed by atoms with E-state index in [0.717, 1.165) is 19.3 Å². The Morgan fingerprint density at radius 2 is 2.42 bits per heavy atom. The van der Waals surface area contributed by atoms with E-state index in [9.17, 15) is 5.11 Å². The lowest BCUT2D eigenvalue weighted by atomic mass is 9.87. The van der Waals surface area contributed by atoms with Crippen molar-refractivity contribution in [2.75, 3.05) is 0 Å². The predicted octanol–water partition coefficient (Wildman–Crippen LogP) is 1.38. The molecule has 0 aromatic heterocycles. The smallest absolute Gasteiger partial charge is 0.296 e. The summed E-state index contributed by atoms with van der Waals surface area (Å²) in [6.45, 7) is 0. The highest BCUT2D eigenvalue weighted by Crippen LogP contribution is 2.27. The van der Waals surface area contributed by atoms with Crippen LogP contribution in [-0.4, -0.2) is 17.5 Å². The Morgan fingerprint density at radius 1 is 1.50 bits per heavy atom. The quantitative estimate of drug-likeness (QED) is 0.581. The third-order valence-electron chi connectivity index (χ3n) is 2.40. The lowest BCUT2D eigenvalue weighted by Crippen LogP contribution is -2.09. The monoisotopic (exact) mass is 162 g/mol. The molecule has 62 valence electrons. The van der Waals surface area contributed by atoms with Crippen LogP contribution in [0.3, 0.4) is 0 Å². The van der Waals surface area contributed by atoms with Crippen LogP contribution in [0.5, 0.6) is 0 Å². The highest BCUT2D eigenvalue weighted by Gasteiger charge is 2.21. The number of aliphatic hydroxyl groups excluding tert-OH is 1. The van der Waals surface area contributed by atoms with Crippen LogP contribution in [0.4, 0.5) is 0 Å². The van der Waals surface area contributed by atoms with Crippen molar-refractivity contribution in [1.82, 2.24) is 4.67 Å². The fourth-order valence-corrected chi connectivity index (χ4v) is 1.72. The summed E-state index contributed by atoms with van der Waals surface area (Å²) in [5.74, 6) is 1.02. The maximum Gasteiger partial charge on any atom is 0.296 e. The molecule has 0 aromatic carbocycles. The van der Waals surface area contributed by atoms with Gasteiger partial charge in [-0.05, 0) is 24.8 Å². The van der Waals surface area contributed by atoms with Crippen molar-refractivity contribution in [1.29, 1.82) is 0 Å². The maximum absolute atomic E-state index is 9.32. The van der Waals surface area contributed by atoms with Crippen molar-refractivity contribution in [2.45, 2.75) is 19.3 Å². The minimum atomic E-state index is 0.484. The van der Waals surface area contributed by atoms with Crippen molar-refractivity contribution < 1.29 is 5.11 Å². The number of hydrogen-bond donors (Lipinski definition) is 1. The summed E-state index contributed by atoms with van der Waals surface area (Å²) in [4.78, 5) is 0. The lowest BCUT2D eigenvalue weighted by Gasteiger charge is -2.17. The van der Waals surface area contributed by atoms with Gasteiger partial charge in [0.05, 0.1) is 5.76 Å². The molecule has 2 nitrogen and oxygen atoms in total. The normalized spacial score (nSPS) is 27.2. The first-order valence-electron chi connectivity index (χ1n) is 4.31. The van der Waals surface area contributed by atoms with Gasteiger partial charge in [0.1, 0.15) is 0 Å². The third kappa shape index (κ3) is 1.34. The number of nitrogens with zero attached hydrogens (tertiary/aromatic N) is 1. The summed E-state index contributed by atoms with van der Waals surface area (Å²) >= 11 is 0. The molecule has 0 aromatic rings. The molecule has 1 N–H and O–H groups in total. The molecule has 1 heterocycles. The summed E-state index contributed by atoms with van der Waals surface area (Å²) in [6.07, 6.45) is 10.5. The summed E-state index contributed by atoms with van der Waals surface area (Å²) in [5, 5.41) is 9.32. The van der Waals surface area contributed by atoms with Crippen molar-refractivity contribution in [3.63, 3.8) is 0 Å². The number of hydrogen-bond acceptors (Lipinski definition) is 1. The van der Waals surface area contributed by atoms with Crippen LogP contribution in [-0.2, 0) is 0 Å². The number of aliphatic hydroxyl groups is 1. The minimum Gasteiger partial charge on any atom is -0.513 e. The summed E-state index contributed by atoms with van der Waals surface area (Å²) in [5.41, 5.74) is 1.26. The van der Waals surface area contributed by atoms with E-state index >= 15 is 0 Å². The molecule has 0 saturated carbocycles. The van der Waals surface area contributed by atoms with Crippen molar-refractivity contribution in [2.24, 2.45) is 5.92 Å². The topological polar surface area (TPSA) is 34.3 Å². The molecule has 0 spiro atoms.